The average molecular weight is 322 g/mol. The molecule has 1 aliphatic carbocycles. The molecule has 0 radical (unpaired) electrons. The lowest BCUT2D eigenvalue weighted by Gasteiger charge is -2.21. The second-order valence-electron chi connectivity index (χ2n) is 6.30. The minimum absolute atomic E-state index is 0.144. The number of aryl methyl sites for hydroxylation is 1. The van der Waals surface area contributed by atoms with E-state index in [1.54, 1.807) is 17.0 Å². The van der Waals surface area contributed by atoms with Crippen LogP contribution in [0.4, 0.5) is 0 Å². The van der Waals surface area contributed by atoms with Gasteiger partial charge < -0.3 is 14.3 Å². The van der Waals surface area contributed by atoms with Gasteiger partial charge in [-0.15, -0.1) is 0 Å². The van der Waals surface area contributed by atoms with E-state index in [-0.39, 0.29) is 17.5 Å². The molecular formula is C19H18N2O3. The van der Waals surface area contributed by atoms with Gasteiger partial charge in [0, 0.05) is 11.6 Å². The van der Waals surface area contributed by atoms with Crippen molar-refractivity contribution in [2.75, 3.05) is 0 Å². The number of furan rings is 1. The number of rotatable bonds is 4. The highest BCUT2D eigenvalue weighted by atomic mass is 16.3. The summed E-state index contributed by atoms with van der Waals surface area (Å²) < 4.78 is 5.23. The van der Waals surface area contributed by atoms with Gasteiger partial charge in [-0.2, -0.15) is 0 Å². The van der Waals surface area contributed by atoms with Gasteiger partial charge in [-0.05, 0) is 48.9 Å². The van der Waals surface area contributed by atoms with Gasteiger partial charge in [0.15, 0.2) is 5.76 Å². The number of hydrogen-bond donors (Lipinski definition) is 1. The van der Waals surface area contributed by atoms with E-state index in [0.717, 1.165) is 29.3 Å². The minimum Gasteiger partial charge on any atom is -0.459 e. The molecule has 0 spiro atoms. The number of benzene rings is 1. The van der Waals surface area contributed by atoms with E-state index in [1.807, 2.05) is 31.2 Å². The molecule has 122 valence electrons. The van der Waals surface area contributed by atoms with Crippen LogP contribution in [0.2, 0.25) is 0 Å². The highest BCUT2D eigenvalue weighted by Crippen LogP contribution is 2.30. The number of carbonyl (C=O) groups excluding carboxylic acids is 1. The first kappa shape index (κ1) is 14.8. The first-order chi connectivity index (χ1) is 11.6. The Kier molecular flexibility index (Phi) is 3.49. The van der Waals surface area contributed by atoms with Crippen LogP contribution in [-0.2, 0) is 6.54 Å². The second-order valence-corrected chi connectivity index (χ2v) is 6.30. The Morgan fingerprint density at radius 2 is 2.12 bits per heavy atom. The van der Waals surface area contributed by atoms with Crippen molar-refractivity contribution in [3.63, 3.8) is 0 Å². The van der Waals surface area contributed by atoms with E-state index in [2.05, 4.69) is 4.98 Å². The van der Waals surface area contributed by atoms with Crippen molar-refractivity contribution >= 4 is 16.8 Å². The number of nitrogens with one attached hydrogen (secondary N) is 1. The van der Waals surface area contributed by atoms with Gasteiger partial charge in [-0.25, -0.2) is 0 Å². The molecule has 2 aromatic heterocycles. The Bertz CT molecular complexity index is 952. The smallest absolute Gasteiger partial charge is 0.290 e. The predicted molar refractivity (Wildman–Crippen MR) is 90.9 cm³/mol. The van der Waals surface area contributed by atoms with Gasteiger partial charge in [-0.3, -0.25) is 9.59 Å². The third kappa shape index (κ3) is 2.62. The summed E-state index contributed by atoms with van der Waals surface area (Å²) in [7, 11) is 0. The fraction of sp³-hybridized carbons (Fsp3) is 0.263. The maximum absolute atomic E-state index is 12.6. The molecule has 0 atom stereocenters. The lowest BCUT2D eigenvalue weighted by atomic mass is 10.1. The number of aromatic nitrogens is 1. The molecular weight excluding hydrogens is 304 g/mol. The van der Waals surface area contributed by atoms with Crippen molar-refractivity contribution in [1.82, 2.24) is 9.88 Å². The van der Waals surface area contributed by atoms with E-state index >= 15 is 0 Å². The summed E-state index contributed by atoms with van der Waals surface area (Å²) in [5.74, 6) is 0.154. The Morgan fingerprint density at radius 1 is 1.29 bits per heavy atom. The van der Waals surface area contributed by atoms with Crippen molar-refractivity contribution in [3.05, 3.63) is 69.9 Å². The Labute approximate surface area is 138 Å². The van der Waals surface area contributed by atoms with Gasteiger partial charge in [0.1, 0.15) is 0 Å². The van der Waals surface area contributed by atoms with Gasteiger partial charge in [0.2, 0.25) is 0 Å². The molecule has 5 nitrogen and oxygen atoms in total. The number of amides is 1. The highest BCUT2D eigenvalue weighted by Gasteiger charge is 2.34. The Hall–Kier alpha value is -2.82. The van der Waals surface area contributed by atoms with Crippen LogP contribution in [0.3, 0.4) is 0 Å². The molecule has 1 aromatic carbocycles. The molecule has 0 aliphatic heterocycles. The van der Waals surface area contributed by atoms with Crippen molar-refractivity contribution < 1.29 is 9.21 Å². The van der Waals surface area contributed by atoms with Gasteiger partial charge in [-0.1, -0.05) is 18.2 Å². The molecule has 1 amide bonds. The van der Waals surface area contributed by atoms with Crippen molar-refractivity contribution in [3.8, 4) is 0 Å². The first-order valence-corrected chi connectivity index (χ1v) is 8.09. The number of H-pyrrole nitrogens is 1. The largest absolute Gasteiger partial charge is 0.459 e. The fourth-order valence-electron chi connectivity index (χ4n) is 3.02. The zero-order chi connectivity index (χ0) is 16.7. The van der Waals surface area contributed by atoms with E-state index in [0.29, 0.717) is 17.9 Å². The SMILES string of the molecule is Cc1cccc2cc(CN(C(=O)c3ccco3)C3CC3)c(=O)[nH]c12. The summed E-state index contributed by atoms with van der Waals surface area (Å²) in [6.45, 7) is 2.26. The maximum Gasteiger partial charge on any atom is 0.290 e. The third-order valence-electron chi connectivity index (χ3n) is 4.49. The number of carbonyl (C=O) groups is 1. The first-order valence-electron chi connectivity index (χ1n) is 8.09. The van der Waals surface area contributed by atoms with Crippen molar-refractivity contribution in [2.24, 2.45) is 0 Å². The molecule has 1 saturated carbocycles. The predicted octanol–water partition coefficient (Wildman–Crippen LogP) is 3.23. The maximum atomic E-state index is 12.6. The zero-order valence-electron chi connectivity index (χ0n) is 13.4. The van der Waals surface area contributed by atoms with Gasteiger partial charge in [0.05, 0.1) is 18.3 Å². The highest BCUT2D eigenvalue weighted by molar-refractivity contribution is 5.92. The fourth-order valence-corrected chi connectivity index (χ4v) is 3.02. The van der Waals surface area contributed by atoms with Gasteiger partial charge >= 0.3 is 0 Å². The summed E-state index contributed by atoms with van der Waals surface area (Å²) in [4.78, 5) is 29.8. The van der Waals surface area contributed by atoms with Crippen molar-refractivity contribution in [2.45, 2.75) is 32.4 Å². The van der Waals surface area contributed by atoms with Crippen LogP contribution >= 0.6 is 0 Å². The third-order valence-corrected chi connectivity index (χ3v) is 4.49. The Morgan fingerprint density at radius 3 is 2.83 bits per heavy atom. The topological polar surface area (TPSA) is 66.3 Å². The molecule has 5 heteroatoms. The van der Waals surface area contributed by atoms with E-state index in [4.69, 9.17) is 4.42 Å². The number of hydrogen-bond acceptors (Lipinski definition) is 3. The summed E-state index contributed by atoms with van der Waals surface area (Å²) in [6.07, 6.45) is 3.43. The van der Waals surface area contributed by atoms with Crippen molar-refractivity contribution in [1.29, 1.82) is 0 Å². The molecule has 3 aromatic rings. The molecule has 1 fully saturated rings. The van der Waals surface area contributed by atoms with Crippen LogP contribution in [0.25, 0.3) is 10.9 Å². The van der Waals surface area contributed by atoms with Crippen LogP contribution in [0.5, 0.6) is 0 Å². The molecule has 0 unspecified atom stereocenters. The number of nitrogens with zero attached hydrogens (tertiary/aromatic N) is 1. The molecule has 0 saturated heterocycles. The molecule has 24 heavy (non-hydrogen) atoms. The van der Waals surface area contributed by atoms with Crippen LogP contribution in [-0.4, -0.2) is 21.8 Å². The number of fused-ring (bicyclic) bond motifs is 1. The van der Waals surface area contributed by atoms with E-state index in [9.17, 15) is 9.59 Å². The quantitative estimate of drug-likeness (QED) is 0.802. The average Bonchev–Trinajstić information content (AvgIpc) is 3.26. The summed E-state index contributed by atoms with van der Waals surface area (Å²) >= 11 is 0. The summed E-state index contributed by atoms with van der Waals surface area (Å²) in [6, 6.07) is 11.3. The lowest BCUT2D eigenvalue weighted by Crippen LogP contribution is -2.34. The number of para-hydroxylation sites is 1. The minimum atomic E-state index is -0.161. The van der Waals surface area contributed by atoms with Gasteiger partial charge in [0.25, 0.3) is 11.5 Å². The second kappa shape index (κ2) is 5.67. The summed E-state index contributed by atoms with van der Waals surface area (Å²) in [5, 5.41) is 0.978. The number of aromatic amines is 1. The molecule has 1 N–H and O–H groups in total. The normalized spacial score (nSPS) is 14.0. The van der Waals surface area contributed by atoms with Crippen LogP contribution in [0, 0.1) is 6.92 Å². The standard InChI is InChI=1S/C19H18N2O3/c1-12-4-2-5-13-10-14(18(22)20-17(12)13)11-21(15-7-8-15)19(23)16-6-3-9-24-16/h2-6,9-10,15H,7-8,11H2,1H3,(H,20,22). The zero-order valence-corrected chi connectivity index (χ0v) is 13.4. The summed E-state index contributed by atoms with van der Waals surface area (Å²) in [5.41, 5.74) is 2.33. The van der Waals surface area contributed by atoms with Crippen LogP contribution < -0.4 is 5.56 Å². The lowest BCUT2D eigenvalue weighted by molar-refractivity contribution is 0.0697. The molecule has 2 heterocycles. The van der Waals surface area contributed by atoms with E-state index in [1.165, 1.54) is 6.26 Å². The Balaban J connectivity index is 1.70. The molecule has 4 rings (SSSR count). The monoisotopic (exact) mass is 322 g/mol. The molecule has 0 bridgehead atoms. The number of pyridine rings is 1. The van der Waals surface area contributed by atoms with Crippen LogP contribution in [0.15, 0.2) is 51.9 Å². The van der Waals surface area contributed by atoms with E-state index < -0.39 is 0 Å². The van der Waals surface area contributed by atoms with Crippen LogP contribution in [0.1, 0.15) is 34.5 Å². The molecule has 1 aliphatic rings.